The topological polar surface area (TPSA) is 35.8 Å². The molecule has 2 saturated heterocycles. The molecule has 2 bridgehead atoms. The van der Waals surface area contributed by atoms with Gasteiger partial charge in [0.1, 0.15) is 0 Å². The van der Waals surface area contributed by atoms with Crippen LogP contribution >= 0.6 is 12.4 Å². The van der Waals surface area contributed by atoms with Crippen molar-refractivity contribution in [1.82, 2.24) is 5.32 Å². The van der Waals surface area contributed by atoms with Crippen LogP contribution in [-0.4, -0.2) is 12.1 Å². The lowest BCUT2D eigenvalue weighted by atomic mass is 9.89. The van der Waals surface area contributed by atoms with E-state index in [4.69, 9.17) is 5.26 Å². The Morgan fingerprint density at radius 2 is 1.85 bits per heavy atom. The summed E-state index contributed by atoms with van der Waals surface area (Å²) in [5.74, 6) is 0.836. The van der Waals surface area contributed by atoms with Gasteiger partial charge in [0.15, 0.2) is 0 Å². The Labute approximate surface area is 86.1 Å². The highest BCUT2D eigenvalue weighted by atomic mass is 35.5. The summed E-state index contributed by atoms with van der Waals surface area (Å²) in [4.78, 5) is 0. The van der Waals surface area contributed by atoms with E-state index >= 15 is 0 Å². The first-order valence-electron chi connectivity index (χ1n) is 5.01. The Kier molecular flexibility index (Phi) is 4.02. The first-order chi connectivity index (χ1) is 5.88. The van der Waals surface area contributed by atoms with Crippen molar-refractivity contribution >= 4 is 12.4 Å². The van der Waals surface area contributed by atoms with Crippen molar-refractivity contribution in [1.29, 1.82) is 5.26 Å². The van der Waals surface area contributed by atoms with Crippen molar-refractivity contribution in [2.24, 2.45) is 5.92 Å². The molecule has 0 aliphatic carbocycles. The molecule has 0 spiro atoms. The van der Waals surface area contributed by atoms with Gasteiger partial charge in [-0.3, -0.25) is 0 Å². The first kappa shape index (κ1) is 10.8. The van der Waals surface area contributed by atoms with Gasteiger partial charge in [-0.15, -0.1) is 12.4 Å². The van der Waals surface area contributed by atoms with E-state index in [1.807, 2.05) is 0 Å². The van der Waals surface area contributed by atoms with Crippen LogP contribution in [0.5, 0.6) is 0 Å². The quantitative estimate of drug-likeness (QED) is 0.742. The highest BCUT2D eigenvalue weighted by Crippen LogP contribution is 2.32. The van der Waals surface area contributed by atoms with Crippen molar-refractivity contribution in [3.05, 3.63) is 0 Å². The fourth-order valence-corrected chi connectivity index (χ4v) is 2.68. The summed E-state index contributed by atoms with van der Waals surface area (Å²) in [5, 5.41) is 12.1. The molecule has 0 aromatic carbocycles. The zero-order chi connectivity index (χ0) is 8.39. The lowest BCUT2D eigenvalue weighted by Gasteiger charge is -2.28. The minimum atomic E-state index is 0. The maximum absolute atomic E-state index is 8.48. The second-order valence-electron chi connectivity index (χ2n) is 4.17. The molecule has 2 rings (SSSR count). The molecule has 3 heteroatoms. The predicted octanol–water partition coefficient (Wildman–Crippen LogP) is 2.24. The van der Waals surface area contributed by atoms with Crippen LogP contribution in [0, 0.1) is 17.2 Å². The molecule has 0 aromatic rings. The van der Waals surface area contributed by atoms with Crippen LogP contribution in [0.25, 0.3) is 0 Å². The van der Waals surface area contributed by atoms with Crippen LogP contribution in [0.2, 0.25) is 0 Å². The van der Waals surface area contributed by atoms with Gasteiger partial charge in [0.2, 0.25) is 0 Å². The van der Waals surface area contributed by atoms with Gasteiger partial charge < -0.3 is 5.32 Å². The number of fused-ring (bicyclic) bond motifs is 2. The van der Waals surface area contributed by atoms with Gasteiger partial charge in [0.05, 0.1) is 6.07 Å². The summed E-state index contributed by atoms with van der Waals surface area (Å²) in [6, 6.07) is 3.81. The molecular formula is C10H17ClN2. The Balaban J connectivity index is 0.000000845. The Hall–Kier alpha value is -0.260. The Morgan fingerprint density at radius 1 is 1.23 bits per heavy atom. The van der Waals surface area contributed by atoms with Crippen molar-refractivity contribution < 1.29 is 0 Å². The monoisotopic (exact) mass is 200 g/mol. The average Bonchev–Trinajstić information content (AvgIpc) is 2.42. The van der Waals surface area contributed by atoms with Crippen LogP contribution in [0.3, 0.4) is 0 Å². The fraction of sp³-hybridized carbons (Fsp3) is 0.900. The lowest BCUT2D eigenvalue weighted by molar-refractivity contribution is 0.288. The highest BCUT2D eigenvalue weighted by molar-refractivity contribution is 5.85. The number of piperidine rings is 1. The van der Waals surface area contributed by atoms with Crippen molar-refractivity contribution in [2.45, 2.75) is 50.6 Å². The number of hydrogen-bond donors (Lipinski definition) is 1. The van der Waals surface area contributed by atoms with Gasteiger partial charge >= 0.3 is 0 Å². The van der Waals surface area contributed by atoms with Crippen LogP contribution in [0.4, 0.5) is 0 Å². The molecule has 2 fully saturated rings. The van der Waals surface area contributed by atoms with Crippen LogP contribution < -0.4 is 5.32 Å². The number of nitrogens with one attached hydrogen (secondary N) is 1. The number of halogens is 1. The summed E-state index contributed by atoms with van der Waals surface area (Å²) in [6.07, 6.45) is 7.26. The largest absolute Gasteiger partial charge is 0.311 e. The maximum Gasteiger partial charge on any atom is 0.0621 e. The van der Waals surface area contributed by atoms with Crippen molar-refractivity contribution in [3.63, 3.8) is 0 Å². The van der Waals surface area contributed by atoms with Crippen LogP contribution in [-0.2, 0) is 0 Å². The van der Waals surface area contributed by atoms with Gasteiger partial charge in [-0.2, -0.15) is 5.26 Å². The van der Waals surface area contributed by atoms with Gasteiger partial charge in [-0.25, -0.2) is 0 Å². The number of nitriles is 1. The molecule has 0 amide bonds. The molecule has 2 unspecified atom stereocenters. The third-order valence-corrected chi connectivity index (χ3v) is 3.24. The van der Waals surface area contributed by atoms with Gasteiger partial charge in [0.25, 0.3) is 0 Å². The fourth-order valence-electron chi connectivity index (χ4n) is 2.68. The minimum Gasteiger partial charge on any atom is -0.311 e. The molecule has 2 nitrogen and oxygen atoms in total. The van der Waals surface area contributed by atoms with E-state index in [0.29, 0.717) is 0 Å². The van der Waals surface area contributed by atoms with Crippen molar-refractivity contribution in [2.75, 3.05) is 0 Å². The summed E-state index contributed by atoms with van der Waals surface area (Å²) in [6.45, 7) is 0. The van der Waals surface area contributed by atoms with E-state index in [1.54, 1.807) is 0 Å². The molecule has 0 radical (unpaired) electrons. The highest BCUT2D eigenvalue weighted by Gasteiger charge is 2.32. The zero-order valence-electron chi connectivity index (χ0n) is 7.83. The van der Waals surface area contributed by atoms with Gasteiger partial charge in [-0.1, -0.05) is 0 Å². The molecule has 74 valence electrons. The Bertz CT molecular complexity index is 188. The zero-order valence-corrected chi connectivity index (χ0v) is 8.65. The first-order valence-corrected chi connectivity index (χ1v) is 5.01. The summed E-state index contributed by atoms with van der Waals surface area (Å²) in [7, 11) is 0. The van der Waals surface area contributed by atoms with E-state index < -0.39 is 0 Å². The third kappa shape index (κ3) is 2.59. The normalized spacial score (nSPS) is 36.4. The number of hydrogen-bond acceptors (Lipinski definition) is 2. The molecule has 2 aliphatic heterocycles. The van der Waals surface area contributed by atoms with Crippen LogP contribution in [0.15, 0.2) is 0 Å². The molecule has 13 heavy (non-hydrogen) atoms. The summed E-state index contributed by atoms with van der Waals surface area (Å²) >= 11 is 0. The second-order valence-corrected chi connectivity index (χ2v) is 4.17. The second kappa shape index (κ2) is 4.83. The van der Waals surface area contributed by atoms with E-state index in [2.05, 4.69) is 11.4 Å². The smallest absolute Gasteiger partial charge is 0.0621 e. The molecule has 2 atom stereocenters. The minimum absolute atomic E-state index is 0. The van der Waals surface area contributed by atoms with E-state index in [0.717, 1.165) is 30.8 Å². The molecular weight excluding hydrogens is 184 g/mol. The standard InChI is InChI=1S/C10H16N2.ClH/c11-5-1-2-8-6-9-3-4-10(7-8)12-9;/h8-10,12H,1-4,6-7H2;1H. The molecule has 1 N–H and O–H groups in total. The molecule has 2 heterocycles. The Morgan fingerprint density at radius 3 is 2.38 bits per heavy atom. The lowest BCUT2D eigenvalue weighted by Crippen LogP contribution is -2.37. The SMILES string of the molecule is Cl.N#CCCC1CC2CCC(C1)N2. The third-order valence-electron chi connectivity index (χ3n) is 3.24. The summed E-state index contributed by atoms with van der Waals surface area (Å²) in [5.41, 5.74) is 0. The van der Waals surface area contributed by atoms with E-state index in [9.17, 15) is 0 Å². The number of rotatable bonds is 2. The van der Waals surface area contributed by atoms with Crippen LogP contribution in [0.1, 0.15) is 38.5 Å². The van der Waals surface area contributed by atoms with E-state index in [-0.39, 0.29) is 12.4 Å². The maximum atomic E-state index is 8.48. The van der Waals surface area contributed by atoms with E-state index in [1.165, 1.54) is 25.7 Å². The number of nitrogens with zero attached hydrogens (tertiary/aromatic N) is 1. The molecule has 0 saturated carbocycles. The van der Waals surface area contributed by atoms with Gasteiger partial charge in [-0.05, 0) is 38.0 Å². The molecule has 2 aliphatic rings. The molecule has 0 aromatic heterocycles. The summed E-state index contributed by atoms with van der Waals surface area (Å²) < 4.78 is 0. The van der Waals surface area contributed by atoms with Crippen molar-refractivity contribution in [3.8, 4) is 6.07 Å². The predicted molar refractivity (Wildman–Crippen MR) is 54.8 cm³/mol. The average molecular weight is 201 g/mol. The van der Waals surface area contributed by atoms with Gasteiger partial charge in [0, 0.05) is 18.5 Å².